The van der Waals surface area contributed by atoms with Crippen LogP contribution in [-0.2, 0) is 6.42 Å². The predicted molar refractivity (Wildman–Crippen MR) is 69.5 cm³/mol. The Labute approximate surface area is 103 Å². The van der Waals surface area contributed by atoms with Gasteiger partial charge in [0.1, 0.15) is 5.75 Å². The second kappa shape index (κ2) is 5.41. The summed E-state index contributed by atoms with van der Waals surface area (Å²) in [7, 11) is 0. The van der Waals surface area contributed by atoms with E-state index in [0.717, 1.165) is 31.0 Å². The van der Waals surface area contributed by atoms with Crippen LogP contribution in [0, 0.1) is 11.8 Å². The molecule has 0 amide bonds. The summed E-state index contributed by atoms with van der Waals surface area (Å²) in [6, 6.07) is 6.21. The summed E-state index contributed by atoms with van der Waals surface area (Å²) in [6.07, 6.45) is 0.998. The molecule has 1 heterocycles. The summed E-state index contributed by atoms with van der Waals surface area (Å²) in [5.41, 5.74) is 2.40. The molecule has 1 unspecified atom stereocenters. The average Bonchev–Trinajstić information content (AvgIpc) is 2.76. The van der Waals surface area contributed by atoms with Gasteiger partial charge in [0.2, 0.25) is 0 Å². The second-order valence-corrected chi connectivity index (χ2v) is 4.99. The zero-order chi connectivity index (χ0) is 12.3. The van der Waals surface area contributed by atoms with E-state index in [-0.39, 0.29) is 6.61 Å². The molecular formula is C14H21NO2. The summed E-state index contributed by atoms with van der Waals surface area (Å²) in [4.78, 5) is 0. The summed E-state index contributed by atoms with van der Waals surface area (Å²) in [5.74, 6) is 1.81. The Morgan fingerprint density at radius 1 is 1.41 bits per heavy atom. The first-order valence-electron chi connectivity index (χ1n) is 6.31. The third-order valence-corrected chi connectivity index (χ3v) is 3.44. The number of ether oxygens (including phenoxy) is 1. The Bertz CT molecular complexity index is 376. The molecule has 0 saturated carbocycles. The number of nitrogens with one attached hydrogen (secondary N) is 1. The monoisotopic (exact) mass is 235 g/mol. The first-order valence-corrected chi connectivity index (χ1v) is 6.31. The van der Waals surface area contributed by atoms with Crippen LogP contribution < -0.4 is 10.1 Å². The number of rotatable bonds is 5. The first-order chi connectivity index (χ1) is 8.20. The van der Waals surface area contributed by atoms with E-state index in [2.05, 4.69) is 25.2 Å². The van der Waals surface area contributed by atoms with Crippen molar-refractivity contribution in [1.82, 2.24) is 0 Å². The van der Waals surface area contributed by atoms with E-state index < -0.39 is 0 Å². The van der Waals surface area contributed by atoms with Gasteiger partial charge in [0, 0.05) is 31.2 Å². The predicted octanol–water partition coefficient (Wildman–Crippen LogP) is 2.30. The number of hydrogen-bond donors (Lipinski definition) is 2. The van der Waals surface area contributed by atoms with Gasteiger partial charge in [-0.05, 0) is 29.7 Å². The van der Waals surface area contributed by atoms with Crippen molar-refractivity contribution >= 4 is 5.69 Å². The summed E-state index contributed by atoms with van der Waals surface area (Å²) in [5, 5.41) is 12.7. The molecule has 94 valence electrons. The zero-order valence-corrected chi connectivity index (χ0v) is 10.6. The molecule has 1 aliphatic rings. The van der Waals surface area contributed by atoms with Gasteiger partial charge in [0.15, 0.2) is 0 Å². The van der Waals surface area contributed by atoms with Gasteiger partial charge in [-0.3, -0.25) is 0 Å². The maximum Gasteiger partial charge on any atom is 0.122 e. The lowest BCUT2D eigenvalue weighted by molar-refractivity contribution is 0.198. The maximum absolute atomic E-state index is 9.27. The van der Waals surface area contributed by atoms with Crippen LogP contribution in [0.5, 0.6) is 5.75 Å². The third kappa shape index (κ3) is 2.91. The molecule has 3 heteroatoms. The fraction of sp³-hybridized carbons (Fsp3) is 0.571. The van der Waals surface area contributed by atoms with Gasteiger partial charge < -0.3 is 15.2 Å². The third-order valence-electron chi connectivity index (χ3n) is 3.44. The van der Waals surface area contributed by atoms with E-state index in [1.807, 2.05) is 12.1 Å². The van der Waals surface area contributed by atoms with E-state index >= 15 is 0 Å². The zero-order valence-electron chi connectivity index (χ0n) is 10.6. The Hall–Kier alpha value is -1.22. The minimum atomic E-state index is 0.235. The standard InChI is InChI=1S/C14H21NO2/c1-10(2)12(9-16)8-15-13-3-4-14-11(7-13)5-6-17-14/h3-4,7,10,12,15-16H,5-6,8-9H2,1-2H3. The van der Waals surface area contributed by atoms with Crippen molar-refractivity contribution < 1.29 is 9.84 Å². The molecule has 0 saturated heterocycles. The molecule has 0 radical (unpaired) electrons. The highest BCUT2D eigenvalue weighted by Gasteiger charge is 2.14. The maximum atomic E-state index is 9.27. The number of fused-ring (bicyclic) bond motifs is 1. The molecule has 3 nitrogen and oxygen atoms in total. The van der Waals surface area contributed by atoms with Crippen molar-refractivity contribution in [2.45, 2.75) is 20.3 Å². The minimum absolute atomic E-state index is 0.235. The molecular weight excluding hydrogens is 214 g/mol. The molecule has 0 aromatic heterocycles. The van der Waals surface area contributed by atoms with Crippen molar-refractivity contribution in [3.05, 3.63) is 23.8 Å². The Kier molecular flexibility index (Phi) is 3.89. The number of aliphatic hydroxyl groups is 1. The van der Waals surface area contributed by atoms with Crippen molar-refractivity contribution in [2.24, 2.45) is 11.8 Å². The van der Waals surface area contributed by atoms with Crippen molar-refractivity contribution in [2.75, 3.05) is 25.1 Å². The van der Waals surface area contributed by atoms with Crippen LogP contribution in [0.15, 0.2) is 18.2 Å². The second-order valence-electron chi connectivity index (χ2n) is 4.99. The quantitative estimate of drug-likeness (QED) is 0.823. The first kappa shape index (κ1) is 12.2. The normalized spacial score (nSPS) is 15.5. The average molecular weight is 235 g/mol. The molecule has 1 aliphatic heterocycles. The highest BCUT2D eigenvalue weighted by atomic mass is 16.5. The molecule has 2 N–H and O–H groups in total. The number of benzene rings is 1. The Morgan fingerprint density at radius 3 is 2.94 bits per heavy atom. The van der Waals surface area contributed by atoms with Gasteiger partial charge in [-0.15, -0.1) is 0 Å². The van der Waals surface area contributed by atoms with Crippen molar-refractivity contribution in [3.63, 3.8) is 0 Å². The lowest BCUT2D eigenvalue weighted by atomic mass is 9.97. The molecule has 1 aromatic rings. The minimum Gasteiger partial charge on any atom is -0.493 e. The smallest absolute Gasteiger partial charge is 0.122 e. The summed E-state index contributed by atoms with van der Waals surface area (Å²) in [6.45, 7) is 6.12. The highest BCUT2D eigenvalue weighted by Crippen LogP contribution is 2.28. The van der Waals surface area contributed by atoms with E-state index in [4.69, 9.17) is 4.74 Å². The van der Waals surface area contributed by atoms with Crippen LogP contribution in [0.2, 0.25) is 0 Å². The van der Waals surface area contributed by atoms with Crippen LogP contribution in [0.4, 0.5) is 5.69 Å². The molecule has 2 rings (SSSR count). The van der Waals surface area contributed by atoms with Gasteiger partial charge >= 0.3 is 0 Å². The number of hydrogen-bond acceptors (Lipinski definition) is 3. The fourth-order valence-corrected chi connectivity index (χ4v) is 2.06. The molecule has 0 fully saturated rings. The van der Waals surface area contributed by atoms with Crippen LogP contribution >= 0.6 is 0 Å². The van der Waals surface area contributed by atoms with E-state index in [9.17, 15) is 5.11 Å². The van der Waals surface area contributed by atoms with Crippen LogP contribution in [0.25, 0.3) is 0 Å². The molecule has 17 heavy (non-hydrogen) atoms. The lowest BCUT2D eigenvalue weighted by Crippen LogP contribution is -2.22. The van der Waals surface area contributed by atoms with Gasteiger partial charge in [0.05, 0.1) is 6.61 Å². The topological polar surface area (TPSA) is 41.5 Å². The van der Waals surface area contributed by atoms with Gasteiger partial charge in [-0.1, -0.05) is 13.8 Å². The SMILES string of the molecule is CC(C)C(CO)CNc1ccc2c(c1)CCO2. The number of aliphatic hydroxyl groups excluding tert-OH is 1. The molecule has 0 spiro atoms. The van der Waals surface area contributed by atoms with Crippen LogP contribution in [-0.4, -0.2) is 24.9 Å². The molecule has 1 aromatic carbocycles. The summed E-state index contributed by atoms with van der Waals surface area (Å²) >= 11 is 0. The molecule has 0 aliphatic carbocycles. The van der Waals surface area contributed by atoms with Crippen LogP contribution in [0.3, 0.4) is 0 Å². The lowest BCUT2D eigenvalue weighted by Gasteiger charge is -2.19. The highest BCUT2D eigenvalue weighted by molar-refractivity contribution is 5.52. The van der Waals surface area contributed by atoms with E-state index in [0.29, 0.717) is 11.8 Å². The van der Waals surface area contributed by atoms with E-state index in [1.165, 1.54) is 5.56 Å². The number of anilines is 1. The van der Waals surface area contributed by atoms with Gasteiger partial charge in [0.25, 0.3) is 0 Å². The summed E-state index contributed by atoms with van der Waals surface area (Å²) < 4.78 is 5.47. The van der Waals surface area contributed by atoms with Crippen molar-refractivity contribution in [3.8, 4) is 5.75 Å². The molecule has 0 bridgehead atoms. The van der Waals surface area contributed by atoms with Crippen molar-refractivity contribution in [1.29, 1.82) is 0 Å². The van der Waals surface area contributed by atoms with Gasteiger partial charge in [-0.25, -0.2) is 0 Å². The fourth-order valence-electron chi connectivity index (χ4n) is 2.06. The van der Waals surface area contributed by atoms with Gasteiger partial charge in [-0.2, -0.15) is 0 Å². The molecule has 1 atom stereocenters. The van der Waals surface area contributed by atoms with Crippen LogP contribution in [0.1, 0.15) is 19.4 Å². The Balaban J connectivity index is 1.95. The Morgan fingerprint density at radius 2 is 2.24 bits per heavy atom. The van der Waals surface area contributed by atoms with E-state index in [1.54, 1.807) is 0 Å². The largest absolute Gasteiger partial charge is 0.493 e.